The average Bonchev–Trinajstić information content (AvgIpc) is 3.11. The van der Waals surface area contributed by atoms with E-state index in [9.17, 15) is 13.2 Å². The Hall–Kier alpha value is -3.10. The smallest absolute Gasteiger partial charge is 0.268 e. The molecule has 1 heterocycles. The van der Waals surface area contributed by atoms with Crippen LogP contribution in [0.4, 0.5) is 0 Å². The van der Waals surface area contributed by atoms with Gasteiger partial charge in [-0.05, 0) is 36.4 Å². The predicted octanol–water partition coefficient (Wildman–Crippen LogP) is 2.41. The molecule has 1 aromatic heterocycles. The number of fused-ring (bicyclic) bond motifs is 1. The number of hydrogen-bond donors (Lipinski definition) is 2. The van der Waals surface area contributed by atoms with Crippen molar-refractivity contribution in [2.24, 2.45) is 0 Å². The van der Waals surface area contributed by atoms with E-state index in [0.29, 0.717) is 22.2 Å². The molecule has 134 valence electrons. The third-order valence-electron chi connectivity index (χ3n) is 3.85. The number of para-hydroxylation sites is 1. The van der Waals surface area contributed by atoms with Crippen LogP contribution < -0.4 is 10.2 Å². The molecule has 0 unspecified atom stereocenters. The molecule has 0 aliphatic rings. The minimum absolute atomic E-state index is 0.114. The van der Waals surface area contributed by atoms with E-state index in [1.54, 1.807) is 36.4 Å². The van der Waals surface area contributed by atoms with E-state index >= 15 is 0 Å². The number of benzene rings is 2. The molecule has 0 fully saturated rings. The summed E-state index contributed by atoms with van der Waals surface area (Å²) in [6.45, 7) is 0. The van der Waals surface area contributed by atoms with E-state index in [-0.39, 0.29) is 4.90 Å². The van der Waals surface area contributed by atoms with Gasteiger partial charge >= 0.3 is 0 Å². The number of methoxy groups -OCH3 is 1. The zero-order valence-electron chi connectivity index (χ0n) is 13.8. The van der Waals surface area contributed by atoms with Crippen LogP contribution in [0.2, 0.25) is 0 Å². The van der Waals surface area contributed by atoms with Crippen LogP contribution in [0, 0.1) is 0 Å². The van der Waals surface area contributed by atoms with Crippen LogP contribution in [0.15, 0.2) is 65.7 Å². The molecule has 0 spiro atoms. The number of rotatable bonds is 5. The third-order valence-corrected chi connectivity index (χ3v) is 5.54. The van der Waals surface area contributed by atoms with Crippen molar-refractivity contribution in [1.82, 2.24) is 9.45 Å². The maximum atomic E-state index is 13.0. The van der Waals surface area contributed by atoms with Gasteiger partial charge in [0.05, 0.1) is 17.5 Å². The lowest BCUT2D eigenvalue weighted by atomic mass is 10.1. The topological polar surface area (TPSA) is 97.6 Å². The molecule has 0 aliphatic heterocycles. The van der Waals surface area contributed by atoms with E-state index in [0.717, 1.165) is 6.08 Å². The Morgan fingerprint density at radius 2 is 1.88 bits per heavy atom. The molecule has 0 atom stereocenters. The quantitative estimate of drug-likeness (QED) is 0.407. The number of hydroxylamine groups is 1. The van der Waals surface area contributed by atoms with E-state index in [1.165, 1.54) is 41.0 Å². The summed E-state index contributed by atoms with van der Waals surface area (Å²) in [5.41, 5.74) is 2.45. The Kier molecular flexibility index (Phi) is 4.79. The van der Waals surface area contributed by atoms with E-state index in [2.05, 4.69) is 0 Å². The molecule has 2 N–H and O–H groups in total. The minimum Gasteiger partial charge on any atom is -0.497 e. The molecule has 0 radical (unpaired) electrons. The van der Waals surface area contributed by atoms with Crippen molar-refractivity contribution >= 4 is 32.9 Å². The van der Waals surface area contributed by atoms with Gasteiger partial charge in [-0.15, -0.1) is 0 Å². The Bertz CT molecular complexity index is 1080. The van der Waals surface area contributed by atoms with E-state index in [1.807, 2.05) is 0 Å². The van der Waals surface area contributed by atoms with Gasteiger partial charge in [0.1, 0.15) is 5.75 Å². The van der Waals surface area contributed by atoms with Crippen LogP contribution in [0.3, 0.4) is 0 Å². The predicted molar refractivity (Wildman–Crippen MR) is 96.5 cm³/mol. The maximum absolute atomic E-state index is 13.0. The van der Waals surface area contributed by atoms with Crippen LogP contribution in [-0.2, 0) is 14.8 Å². The van der Waals surface area contributed by atoms with Crippen LogP contribution in [0.5, 0.6) is 5.75 Å². The monoisotopic (exact) mass is 372 g/mol. The molecule has 0 saturated carbocycles. The number of ether oxygens (including phenoxy) is 1. The highest BCUT2D eigenvalue weighted by Gasteiger charge is 2.20. The summed E-state index contributed by atoms with van der Waals surface area (Å²) in [7, 11) is -2.33. The van der Waals surface area contributed by atoms with Gasteiger partial charge in [-0.25, -0.2) is 17.9 Å². The summed E-state index contributed by atoms with van der Waals surface area (Å²) in [6.07, 6.45) is 4.02. The molecule has 3 rings (SSSR count). The molecule has 2 aromatic carbocycles. The first-order valence-corrected chi connectivity index (χ1v) is 9.03. The van der Waals surface area contributed by atoms with Gasteiger partial charge in [-0.2, -0.15) is 0 Å². The second-order valence-corrected chi connectivity index (χ2v) is 7.20. The average molecular weight is 372 g/mol. The fourth-order valence-electron chi connectivity index (χ4n) is 2.59. The first-order chi connectivity index (χ1) is 12.5. The molecule has 26 heavy (non-hydrogen) atoms. The van der Waals surface area contributed by atoms with Crippen LogP contribution in [0.1, 0.15) is 5.56 Å². The highest BCUT2D eigenvalue weighted by atomic mass is 32.2. The van der Waals surface area contributed by atoms with Crippen molar-refractivity contribution in [3.8, 4) is 5.75 Å². The third kappa shape index (κ3) is 3.19. The lowest BCUT2D eigenvalue weighted by Gasteiger charge is -2.10. The van der Waals surface area contributed by atoms with E-state index in [4.69, 9.17) is 9.94 Å². The van der Waals surface area contributed by atoms with Crippen LogP contribution in [0.25, 0.3) is 17.0 Å². The van der Waals surface area contributed by atoms with Gasteiger partial charge in [-0.1, -0.05) is 18.2 Å². The van der Waals surface area contributed by atoms with Gasteiger partial charge in [-0.3, -0.25) is 10.0 Å². The van der Waals surface area contributed by atoms with Gasteiger partial charge in [0, 0.05) is 23.2 Å². The number of carbonyl (C=O) groups excluding carboxylic acids is 1. The number of nitrogens with one attached hydrogen (secondary N) is 1. The SMILES string of the molecule is COc1ccc(S(=O)(=O)n2ccc3cccc(/C=C\C(=O)NO)c32)cc1. The number of amides is 1. The largest absolute Gasteiger partial charge is 0.497 e. The maximum Gasteiger partial charge on any atom is 0.268 e. The summed E-state index contributed by atoms with van der Waals surface area (Å²) in [6, 6.07) is 13.0. The van der Waals surface area contributed by atoms with Gasteiger partial charge < -0.3 is 4.74 Å². The normalized spacial score (nSPS) is 11.8. The number of carbonyl (C=O) groups is 1. The molecular weight excluding hydrogens is 356 g/mol. The minimum atomic E-state index is -3.84. The van der Waals surface area contributed by atoms with E-state index < -0.39 is 15.9 Å². The Morgan fingerprint density at radius 1 is 1.15 bits per heavy atom. The fraction of sp³-hybridized carbons (Fsp3) is 0.0556. The molecule has 0 bridgehead atoms. The second kappa shape index (κ2) is 7.03. The zero-order valence-corrected chi connectivity index (χ0v) is 14.6. The van der Waals surface area contributed by atoms with Crippen LogP contribution >= 0.6 is 0 Å². The van der Waals surface area contributed by atoms with Crippen molar-refractivity contribution in [2.75, 3.05) is 7.11 Å². The second-order valence-electron chi connectivity index (χ2n) is 5.39. The summed E-state index contributed by atoms with van der Waals surface area (Å²) in [5.74, 6) is -0.155. The van der Waals surface area contributed by atoms with Crippen molar-refractivity contribution in [3.05, 3.63) is 66.4 Å². The lowest BCUT2D eigenvalue weighted by molar-refractivity contribution is -0.124. The van der Waals surface area contributed by atoms with Crippen molar-refractivity contribution < 1.29 is 23.2 Å². The van der Waals surface area contributed by atoms with Crippen molar-refractivity contribution in [2.45, 2.75) is 4.90 Å². The summed E-state index contributed by atoms with van der Waals surface area (Å²) in [5, 5.41) is 9.30. The first-order valence-electron chi connectivity index (χ1n) is 7.59. The summed E-state index contributed by atoms with van der Waals surface area (Å²) < 4.78 is 32.3. The lowest BCUT2D eigenvalue weighted by Crippen LogP contribution is -2.15. The molecule has 0 aliphatic carbocycles. The summed E-state index contributed by atoms with van der Waals surface area (Å²) in [4.78, 5) is 11.4. The Labute approximate surface area is 150 Å². The zero-order chi connectivity index (χ0) is 18.7. The number of aromatic nitrogens is 1. The highest BCUT2D eigenvalue weighted by molar-refractivity contribution is 7.90. The fourth-order valence-corrected chi connectivity index (χ4v) is 3.97. The highest BCUT2D eigenvalue weighted by Crippen LogP contribution is 2.27. The Balaban J connectivity index is 2.15. The van der Waals surface area contributed by atoms with Crippen LogP contribution in [-0.4, -0.2) is 30.6 Å². The number of hydrogen-bond acceptors (Lipinski definition) is 5. The summed E-state index contributed by atoms with van der Waals surface area (Å²) >= 11 is 0. The number of nitrogens with zero attached hydrogens (tertiary/aromatic N) is 1. The Morgan fingerprint density at radius 3 is 2.54 bits per heavy atom. The molecule has 0 saturated heterocycles. The van der Waals surface area contributed by atoms with Gasteiger partial charge in [0.25, 0.3) is 15.9 Å². The van der Waals surface area contributed by atoms with Gasteiger partial charge in [0.2, 0.25) is 0 Å². The standard InChI is InChI=1S/C18H16N2O5S/c1-25-15-6-8-16(9-7-15)26(23,24)20-12-11-14-4-2-3-13(18(14)20)5-10-17(21)19-22/h2-12,22H,1H3,(H,19,21)/b10-5-. The first kappa shape index (κ1) is 17.7. The molecule has 1 amide bonds. The molecular formula is C18H16N2O5S. The molecule has 3 aromatic rings. The van der Waals surface area contributed by atoms with Crippen molar-refractivity contribution in [3.63, 3.8) is 0 Å². The molecule has 7 nitrogen and oxygen atoms in total. The van der Waals surface area contributed by atoms with Crippen molar-refractivity contribution in [1.29, 1.82) is 0 Å². The van der Waals surface area contributed by atoms with Gasteiger partial charge in [0.15, 0.2) is 0 Å². The molecule has 8 heteroatoms.